The molecule has 0 aliphatic carbocycles. The first-order valence-corrected chi connectivity index (χ1v) is 1.80. The molecular formula is C4H7AgNO2. The van der Waals surface area contributed by atoms with Gasteiger partial charge in [0, 0.05) is 22.4 Å². The molecule has 0 aliphatic rings. The second-order valence-electron chi connectivity index (χ2n) is 0.919. The van der Waals surface area contributed by atoms with Gasteiger partial charge in [-0.1, -0.05) is 12.7 Å². The van der Waals surface area contributed by atoms with Crippen LogP contribution in [0.1, 0.15) is 0 Å². The van der Waals surface area contributed by atoms with Crippen molar-refractivity contribution in [2.45, 2.75) is 0 Å². The molecule has 51 valence electrons. The Morgan fingerprint density at radius 2 is 2.38 bits per heavy atom. The number of ether oxygens (including phenoxy) is 1. The van der Waals surface area contributed by atoms with Crippen LogP contribution < -0.4 is 5.73 Å². The topological polar surface area (TPSA) is 52.3 Å². The molecule has 0 aromatic rings. The van der Waals surface area contributed by atoms with E-state index in [1.807, 2.05) is 0 Å². The third-order valence-corrected chi connectivity index (χ3v) is 0.343. The van der Waals surface area contributed by atoms with Gasteiger partial charge in [-0.2, -0.15) is 0 Å². The molecule has 8 heavy (non-hydrogen) atoms. The number of hydrogen-bond acceptors (Lipinski definition) is 2. The van der Waals surface area contributed by atoms with Crippen LogP contribution in [0.5, 0.6) is 0 Å². The molecular weight excluding hydrogens is 202 g/mol. The molecule has 0 saturated heterocycles. The van der Waals surface area contributed by atoms with Gasteiger partial charge in [0.2, 0.25) is 0 Å². The maximum atomic E-state index is 9.71. The minimum atomic E-state index is -0.764. The average Bonchev–Trinajstić information content (AvgIpc) is 1.61. The first-order chi connectivity index (χ1) is 3.27. The SMILES string of the molecule is C=CCOC(N)=O.[Ag]. The van der Waals surface area contributed by atoms with Crippen molar-refractivity contribution in [3.8, 4) is 0 Å². The van der Waals surface area contributed by atoms with E-state index >= 15 is 0 Å². The van der Waals surface area contributed by atoms with Crippen molar-refractivity contribution in [1.82, 2.24) is 0 Å². The summed E-state index contributed by atoms with van der Waals surface area (Å²) in [7, 11) is 0. The minimum Gasteiger partial charge on any atom is -0.445 e. The van der Waals surface area contributed by atoms with Crippen LogP contribution in [-0.4, -0.2) is 12.7 Å². The van der Waals surface area contributed by atoms with E-state index in [2.05, 4.69) is 17.0 Å². The van der Waals surface area contributed by atoms with Crippen molar-refractivity contribution in [2.75, 3.05) is 6.61 Å². The van der Waals surface area contributed by atoms with Gasteiger partial charge in [-0.3, -0.25) is 0 Å². The number of carbonyl (C=O) groups is 1. The average molecular weight is 209 g/mol. The molecule has 0 atom stereocenters. The van der Waals surface area contributed by atoms with Crippen LogP contribution >= 0.6 is 0 Å². The summed E-state index contributed by atoms with van der Waals surface area (Å²) in [6, 6.07) is 0. The number of carbonyl (C=O) groups excluding carboxylic acids is 1. The monoisotopic (exact) mass is 208 g/mol. The summed E-state index contributed by atoms with van der Waals surface area (Å²) in [5.41, 5.74) is 4.57. The van der Waals surface area contributed by atoms with Crippen LogP contribution in [0.3, 0.4) is 0 Å². The van der Waals surface area contributed by atoms with Crippen LogP contribution in [0.25, 0.3) is 0 Å². The Hall–Kier alpha value is -0.250. The smallest absolute Gasteiger partial charge is 0.404 e. The Bertz CT molecular complexity index is 84.1. The van der Waals surface area contributed by atoms with Gasteiger partial charge < -0.3 is 10.5 Å². The summed E-state index contributed by atoms with van der Waals surface area (Å²) in [5, 5.41) is 0. The number of amides is 1. The third kappa shape index (κ3) is 9.23. The van der Waals surface area contributed by atoms with Gasteiger partial charge in [0.15, 0.2) is 0 Å². The van der Waals surface area contributed by atoms with E-state index in [4.69, 9.17) is 0 Å². The molecule has 0 rings (SSSR count). The Labute approximate surface area is 63.4 Å². The summed E-state index contributed by atoms with van der Waals surface area (Å²) >= 11 is 0. The predicted molar refractivity (Wildman–Crippen MR) is 25.7 cm³/mol. The van der Waals surface area contributed by atoms with Gasteiger partial charge in [-0.15, -0.1) is 0 Å². The molecule has 2 N–H and O–H groups in total. The van der Waals surface area contributed by atoms with Crippen molar-refractivity contribution >= 4 is 6.09 Å². The van der Waals surface area contributed by atoms with Crippen LogP contribution in [0.2, 0.25) is 0 Å². The standard InChI is InChI=1S/C4H7NO2.Ag/c1-2-3-7-4(5)6;/h2H,1,3H2,(H2,5,6);. The van der Waals surface area contributed by atoms with Gasteiger partial charge in [-0.25, -0.2) is 4.79 Å². The largest absolute Gasteiger partial charge is 0.445 e. The van der Waals surface area contributed by atoms with Crippen LogP contribution in [0, 0.1) is 0 Å². The predicted octanol–water partition coefficient (Wildman–Crippen LogP) is 0.265. The van der Waals surface area contributed by atoms with E-state index in [1.54, 1.807) is 0 Å². The van der Waals surface area contributed by atoms with Crippen molar-refractivity contribution in [3.05, 3.63) is 12.7 Å². The van der Waals surface area contributed by atoms with Crippen LogP contribution in [0.15, 0.2) is 12.7 Å². The molecule has 0 aliphatic heterocycles. The molecule has 1 amide bonds. The summed E-state index contributed by atoms with van der Waals surface area (Å²) in [4.78, 5) is 9.71. The molecule has 0 spiro atoms. The van der Waals surface area contributed by atoms with E-state index in [1.165, 1.54) is 6.08 Å². The van der Waals surface area contributed by atoms with Gasteiger partial charge in [0.1, 0.15) is 6.61 Å². The van der Waals surface area contributed by atoms with E-state index in [0.717, 1.165) is 0 Å². The Balaban J connectivity index is 0. The molecule has 0 saturated carbocycles. The first-order valence-electron chi connectivity index (χ1n) is 1.80. The third-order valence-electron chi connectivity index (χ3n) is 0.343. The summed E-state index contributed by atoms with van der Waals surface area (Å²) in [6.45, 7) is 3.49. The van der Waals surface area contributed by atoms with Crippen LogP contribution in [-0.2, 0) is 27.1 Å². The van der Waals surface area contributed by atoms with E-state index in [-0.39, 0.29) is 29.0 Å². The van der Waals surface area contributed by atoms with E-state index in [9.17, 15) is 4.79 Å². The molecule has 0 aromatic heterocycles. The summed E-state index contributed by atoms with van der Waals surface area (Å²) in [6.07, 6.45) is 0.685. The molecule has 0 bridgehead atoms. The second-order valence-corrected chi connectivity index (χ2v) is 0.919. The molecule has 3 nitrogen and oxygen atoms in total. The second kappa shape index (κ2) is 6.75. The zero-order chi connectivity index (χ0) is 5.70. The zero-order valence-electron chi connectivity index (χ0n) is 4.19. The summed E-state index contributed by atoms with van der Waals surface area (Å²) in [5.74, 6) is 0. The van der Waals surface area contributed by atoms with Crippen molar-refractivity contribution < 1.29 is 31.9 Å². The first kappa shape index (κ1) is 10.7. The maximum Gasteiger partial charge on any atom is 0.404 e. The van der Waals surface area contributed by atoms with Gasteiger partial charge in [0.05, 0.1) is 0 Å². The van der Waals surface area contributed by atoms with Gasteiger partial charge in [0.25, 0.3) is 0 Å². The quantitative estimate of drug-likeness (QED) is 0.524. The number of nitrogens with two attached hydrogens (primary N) is 1. The fourth-order valence-corrected chi connectivity index (χ4v) is 0.141. The number of hydrogen-bond donors (Lipinski definition) is 1. The van der Waals surface area contributed by atoms with Gasteiger partial charge >= 0.3 is 6.09 Å². The maximum absolute atomic E-state index is 9.71. The Morgan fingerprint density at radius 1 is 1.88 bits per heavy atom. The molecule has 4 heteroatoms. The van der Waals surface area contributed by atoms with E-state index < -0.39 is 6.09 Å². The molecule has 0 unspecified atom stereocenters. The van der Waals surface area contributed by atoms with Gasteiger partial charge in [-0.05, 0) is 0 Å². The van der Waals surface area contributed by atoms with E-state index in [0.29, 0.717) is 0 Å². The molecule has 0 heterocycles. The Morgan fingerprint density at radius 3 is 2.50 bits per heavy atom. The Kier molecular flexibility index (Phi) is 9.01. The fourth-order valence-electron chi connectivity index (χ4n) is 0.141. The van der Waals surface area contributed by atoms with Crippen molar-refractivity contribution in [2.24, 2.45) is 5.73 Å². The normalized spacial score (nSPS) is 6.50. The van der Waals surface area contributed by atoms with Crippen molar-refractivity contribution in [3.63, 3.8) is 0 Å². The van der Waals surface area contributed by atoms with Crippen molar-refractivity contribution in [1.29, 1.82) is 0 Å². The minimum absolute atomic E-state index is 0. The summed E-state index contributed by atoms with van der Waals surface area (Å²) < 4.78 is 4.21. The van der Waals surface area contributed by atoms with Crippen LogP contribution in [0.4, 0.5) is 4.79 Å². The number of primary amides is 1. The molecule has 0 aromatic carbocycles. The zero-order valence-corrected chi connectivity index (χ0v) is 5.67. The number of rotatable bonds is 2. The molecule has 1 radical (unpaired) electrons. The molecule has 0 fully saturated rings. The fraction of sp³-hybridized carbons (Fsp3) is 0.250.